The molecule has 0 heterocycles. The second-order valence-corrected chi connectivity index (χ2v) is 9.15. The third-order valence-corrected chi connectivity index (χ3v) is 7.66. The van der Waals surface area contributed by atoms with E-state index in [4.69, 9.17) is 4.74 Å². The number of benzene rings is 1. The van der Waals surface area contributed by atoms with E-state index in [9.17, 15) is 4.79 Å². The minimum absolute atomic E-state index is 0.105. The van der Waals surface area contributed by atoms with Gasteiger partial charge in [-0.05, 0) is 74.7 Å². The van der Waals surface area contributed by atoms with Crippen molar-refractivity contribution in [2.75, 3.05) is 13.7 Å². The van der Waals surface area contributed by atoms with Crippen LogP contribution >= 0.6 is 0 Å². The quantitative estimate of drug-likeness (QED) is 0.883. The third kappa shape index (κ3) is 2.58. The number of rotatable bonds is 5. The fourth-order valence-electron chi connectivity index (χ4n) is 6.50. The van der Waals surface area contributed by atoms with Crippen LogP contribution in [-0.2, 0) is 10.2 Å². The van der Waals surface area contributed by atoms with Crippen molar-refractivity contribution in [1.29, 1.82) is 0 Å². The van der Waals surface area contributed by atoms with Crippen LogP contribution in [0.15, 0.2) is 24.3 Å². The zero-order valence-corrected chi connectivity index (χ0v) is 15.2. The van der Waals surface area contributed by atoms with Crippen molar-refractivity contribution >= 4 is 5.91 Å². The fourth-order valence-corrected chi connectivity index (χ4v) is 6.50. The van der Waals surface area contributed by atoms with Crippen molar-refractivity contribution in [2.45, 2.75) is 50.4 Å². The molecule has 5 fully saturated rings. The zero-order chi connectivity index (χ0) is 17.0. The van der Waals surface area contributed by atoms with Crippen molar-refractivity contribution in [2.24, 2.45) is 29.6 Å². The number of methoxy groups -OCH3 is 1. The first-order chi connectivity index (χ1) is 12.2. The standard InChI is InChI=1S/C22H29NO2/c1-25-19-5-3-2-4-18(19)22(6-7-22)13-23-21(24)20-16-9-14-8-15(11-16)12-17(20)10-14/h2-5,14-17,20H,6-13H2,1H3,(H,23,24). The van der Waals surface area contributed by atoms with E-state index in [0.717, 1.165) is 37.0 Å². The molecule has 0 aliphatic heterocycles. The number of hydrogen-bond acceptors (Lipinski definition) is 2. The van der Waals surface area contributed by atoms with Crippen LogP contribution in [0.3, 0.4) is 0 Å². The van der Waals surface area contributed by atoms with E-state index >= 15 is 0 Å². The Hall–Kier alpha value is -1.51. The van der Waals surface area contributed by atoms with Crippen LogP contribution < -0.4 is 10.1 Å². The van der Waals surface area contributed by atoms with Crippen LogP contribution in [0, 0.1) is 29.6 Å². The molecule has 1 aromatic rings. The van der Waals surface area contributed by atoms with Crippen LogP contribution in [0.4, 0.5) is 0 Å². The summed E-state index contributed by atoms with van der Waals surface area (Å²) in [6.45, 7) is 0.773. The Balaban J connectivity index is 1.28. The highest BCUT2D eigenvalue weighted by atomic mass is 16.5. The van der Waals surface area contributed by atoms with E-state index in [1.165, 1.54) is 37.7 Å². The largest absolute Gasteiger partial charge is 0.496 e. The SMILES string of the molecule is COc1ccccc1C1(CNC(=O)C2C3CC4CC(C3)CC2C4)CC1. The Morgan fingerprint density at radius 3 is 2.32 bits per heavy atom. The number of carbonyl (C=O) groups excluding carboxylic acids is 1. The van der Waals surface area contributed by atoms with Crippen molar-refractivity contribution in [3.05, 3.63) is 29.8 Å². The van der Waals surface area contributed by atoms with Gasteiger partial charge in [0.25, 0.3) is 0 Å². The molecule has 6 rings (SSSR count). The van der Waals surface area contributed by atoms with Crippen LogP contribution in [0.5, 0.6) is 5.75 Å². The van der Waals surface area contributed by atoms with E-state index in [1.807, 2.05) is 12.1 Å². The normalized spacial score (nSPS) is 36.9. The predicted octanol–water partition coefficient (Wildman–Crippen LogP) is 3.92. The van der Waals surface area contributed by atoms with E-state index in [2.05, 4.69) is 17.4 Å². The molecule has 134 valence electrons. The van der Waals surface area contributed by atoms with E-state index < -0.39 is 0 Å². The molecule has 25 heavy (non-hydrogen) atoms. The number of para-hydroxylation sites is 1. The first kappa shape index (κ1) is 15.7. The molecular weight excluding hydrogens is 310 g/mol. The number of hydrogen-bond donors (Lipinski definition) is 1. The second kappa shape index (κ2) is 5.75. The minimum atomic E-state index is 0.105. The maximum absolute atomic E-state index is 13.1. The molecule has 0 unspecified atom stereocenters. The van der Waals surface area contributed by atoms with Gasteiger partial charge in [0.1, 0.15) is 5.75 Å². The van der Waals surface area contributed by atoms with Crippen LogP contribution in [0.2, 0.25) is 0 Å². The maximum Gasteiger partial charge on any atom is 0.223 e. The second-order valence-electron chi connectivity index (χ2n) is 9.15. The highest BCUT2D eigenvalue weighted by Gasteiger charge is 2.52. The number of ether oxygens (including phenoxy) is 1. The molecule has 0 aromatic heterocycles. The monoisotopic (exact) mass is 339 g/mol. The number of carbonyl (C=O) groups is 1. The van der Waals surface area contributed by atoms with E-state index in [1.54, 1.807) is 7.11 Å². The van der Waals surface area contributed by atoms with Gasteiger partial charge >= 0.3 is 0 Å². The van der Waals surface area contributed by atoms with Gasteiger partial charge in [0.15, 0.2) is 0 Å². The van der Waals surface area contributed by atoms with Gasteiger partial charge in [-0.1, -0.05) is 18.2 Å². The molecular formula is C22H29NO2. The summed E-state index contributed by atoms with van der Waals surface area (Å²) in [4.78, 5) is 13.1. The Kier molecular flexibility index (Phi) is 3.62. The lowest BCUT2D eigenvalue weighted by molar-refractivity contribution is -0.138. The van der Waals surface area contributed by atoms with Gasteiger partial charge in [-0.15, -0.1) is 0 Å². The number of amides is 1. The summed E-state index contributed by atoms with van der Waals surface area (Å²) >= 11 is 0. The first-order valence-electron chi connectivity index (χ1n) is 10.1. The van der Waals surface area contributed by atoms with Gasteiger partial charge in [-0.2, -0.15) is 0 Å². The fraction of sp³-hybridized carbons (Fsp3) is 0.682. The molecule has 0 atom stereocenters. The van der Waals surface area contributed by atoms with Crippen molar-refractivity contribution in [1.82, 2.24) is 5.32 Å². The summed E-state index contributed by atoms with van der Waals surface area (Å²) in [6, 6.07) is 8.30. The lowest BCUT2D eigenvalue weighted by atomic mass is 9.51. The van der Waals surface area contributed by atoms with Crippen LogP contribution in [0.1, 0.15) is 50.5 Å². The average molecular weight is 339 g/mol. The van der Waals surface area contributed by atoms with Crippen molar-refractivity contribution in [3.8, 4) is 5.75 Å². The van der Waals surface area contributed by atoms with Crippen LogP contribution in [-0.4, -0.2) is 19.6 Å². The van der Waals surface area contributed by atoms with E-state index in [0.29, 0.717) is 23.7 Å². The molecule has 0 radical (unpaired) electrons. The summed E-state index contributed by atoms with van der Waals surface area (Å²) in [5.41, 5.74) is 1.37. The van der Waals surface area contributed by atoms with Crippen molar-refractivity contribution < 1.29 is 9.53 Å². The summed E-state index contributed by atoms with van der Waals surface area (Å²) in [5.74, 6) is 4.78. The third-order valence-electron chi connectivity index (χ3n) is 7.66. The first-order valence-corrected chi connectivity index (χ1v) is 10.1. The Labute approximate surface area is 150 Å². The molecule has 1 aromatic carbocycles. The molecule has 3 heteroatoms. The minimum Gasteiger partial charge on any atom is -0.496 e. The van der Waals surface area contributed by atoms with Crippen molar-refractivity contribution in [3.63, 3.8) is 0 Å². The van der Waals surface area contributed by atoms with Crippen LogP contribution in [0.25, 0.3) is 0 Å². The Morgan fingerprint density at radius 1 is 1.08 bits per heavy atom. The van der Waals surface area contributed by atoms with Gasteiger partial charge in [-0.25, -0.2) is 0 Å². The summed E-state index contributed by atoms with van der Waals surface area (Å²) in [7, 11) is 1.74. The Morgan fingerprint density at radius 2 is 1.72 bits per heavy atom. The smallest absolute Gasteiger partial charge is 0.223 e. The summed E-state index contributed by atoms with van der Waals surface area (Å²) < 4.78 is 5.56. The Bertz CT molecular complexity index is 650. The van der Waals surface area contributed by atoms with Gasteiger partial charge in [0.05, 0.1) is 7.11 Å². The number of nitrogens with one attached hydrogen (secondary N) is 1. The summed E-state index contributed by atoms with van der Waals surface area (Å²) in [6.07, 6.45) is 8.97. The van der Waals surface area contributed by atoms with E-state index in [-0.39, 0.29) is 5.41 Å². The average Bonchev–Trinajstić information content (AvgIpc) is 3.40. The topological polar surface area (TPSA) is 38.3 Å². The predicted molar refractivity (Wildman–Crippen MR) is 97.5 cm³/mol. The van der Waals surface area contributed by atoms with Gasteiger partial charge in [0, 0.05) is 23.4 Å². The van der Waals surface area contributed by atoms with Gasteiger partial charge < -0.3 is 10.1 Å². The lowest BCUT2D eigenvalue weighted by Gasteiger charge is -2.53. The maximum atomic E-state index is 13.1. The van der Waals surface area contributed by atoms with Gasteiger partial charge in [-0.3, -0.25) is 4.79 Å². The molecule has 3 nitrogen and oxygen atoms in total. The highest BCUT2D eigenvalue weighted by Crippen LogP contribution is 2.57. The molecule has 0 saturated heterocycles. The molecule has 1 amide bonds. The lowest BCUT2D eigenvalue weighted by Crippen LogP contribution is -2.51. The molecule has 4 bridgehead atoms. The molecule has 5 saturated carbocycles. The van der Waals surface area contributed by atoms with Gasteiger partial charge in [0.2, 0.25) is 5.91 Å². The molecule has 1 N–H and O–H groups in total. The molecule has 0 spiro atoms. The molecule has 5 aliphatic rings. The zero-order valence-electron chi connectivity index (χ0n) is 15.2. The highest BCUT2D eigenvalue weighted by molar-refractivity contribution is 5.80. The summed E-state index contributed by atoms with van der Waals surface area (Å²) in [5, 5.41) is 3.37. The molecule has 5 aliphatic carbocycles.